The summed E-state index contributed by atoms with van der Waals surface area (Å²) in [6.45, 7) is 1.89. The second-order valence-electron chi connectivity index (χ2n) is 4.05. The van der Waals surface area contributed by atoms with Gasteiger partial charge in [0.05, 0.1) is 18.6 Å². The molecule has 2 rings (SSSR count). The maximum Gasteiger partial charge on any atom is 0.248 e. The number of rotatable bonds is 3. The Morgan fingerprint density at radius 3 is 2.71 bits per heavy atom. The largest absolute Gasteiger partial charge is 0.272 e. The van der Waals surface area contributed by atoms with E-state index in [1.807, 2.05) is 19.1 Å². The normalized spacial score (nSPS) is 26.1. The molecule has 0 aromatic carbocycles. The van der Waals surface area contributed by atoms with Crippen molar-refractivity contribution in [2.24, 2.45) is 10.5 Å². The molecule has 1 aromatic rings. The average molecular weight is 445 g/mol. The molecule has 1 aromatic heterocycles. The molecule has 1 saturated carbocycles. The van der Waals surface area contributed by atoms with E-state index in [1.165, 1.54) is 0 Å². The van der Waals surface area contributed by atoms with Crippen LogP contribution in [0.2, 0.25) is 0 Å². The van der Waals surface area contributed by atoms with Gasteiger partial charge in [0.2, 0.25) is 5.91 Å². The zero-order chi connectivity index (χ0) is 12.7. The Labute approximate surface area is 128 Å². The maximum atomic E-state index is 11.8. The van der Waals surface area contributed by atoms with Gasteiger partial charge in [0, 0.05) is 4.88 Å². The lowest BCUT2D eigenvalue weighted by Gasteiger charge is -2.09. The number of hydrogen-bond donors (Lipinski definition) is 1. The topological polar surface area (TPSA) is 41.5 Å². The quantitative estimate of drug-likeness (QED) is 0.429. The van der Waals surface area contributed by atoms with Crippen LogP contribution in [0, 0.1) is 5.41 Å². The number of amides is 1. The predicted molar refractivity (Wildman–Crippen MR) is 81.1 cm³/mol. The first-order valence-electron chi connectivity index (χ1n) is 4.82. The third-order valence-corrected chi connectivity index (χ3v) is 6.58. The van der Waals surface area contributed by atoms with Crippen molar-refractivity contribution in [1.29, 1.82) is 0 Å². The van der Waals surface area contributed by atoms with Gasteiger partial charge >= 0.3 is 0 Å². The highest BCUT2D eigenvalue weighted by molar-refractivity contribution is 9.25. The van der Waals surface area contributed by atoms with Crippen LogP contribution in [0.3, 0.4) is 0 Å². The lowest BCUT2D eigenvalue weighted by molar-refractivity contribution is -0.125. The standard InChI is InChI=1S/C10H9Br3N2OS/c1-9(5-10(9,12)13)8(16)15-14-4-6-2-3-7(11)17-6/h2-4H,5H2,1H3,(H,15,16)/t9-/m0/s1. The van der Waals surface area contributed by atoms with E-state index in [0.717, 1.165) is 15.1 Å². The van der Waals surface area contributed by atoms with Crippen molar-refractivity contribution in [2.75, 3.05) is 0 Å². The van der Waals surface area contributed by atoms with E-state index >= 15 is 0 Å². The molecular formula is C10H9Br3N2OS. The van der Waals surface area contributed by atoms with Crippen LogP contribution in [0.5, 0.6) is 0 Å². The Kier molecular flexibility index (Phi) is 3.83. The molecule has 7 heteroatoms. The summed E-state index contributed by atoms with van der Waals surface area (Å²) in [6.07, 6.45) is 2.40. The van der Waals surface area contributed by atoms with E-state index in [9.17, 15) is 4.79 Å². The van der Waals surface area contributed by atoms with Crippen molar-refractivity contribution in [2.45, 2.75) is 16.6 Å². The molecule has 1 atom stereocenters. The summed E-state index contributed by atoms with van der Waals surface area (Å²) in [4.78, 5) is 12.8. The summed E-state index contributed by atoms with van der Waals surface area (Å²) in [5, 5.41) is 3.95. The fraction of sp³-hybridized carbons (Fsp3) is 0.400. The van der Waals surface area contributed by atoms with Crippen molar-refractivity contribution in [1.82, 2.24) is 5.43 Å². The number of alkyl halides is 2. The summed E-state index contributed by atoms with van der Waals surface area (Å²) in [5.74, 6) is -0.0851. The number of halogens is 3. The number of hydrogen-bond acceptors (Lipinski definition) is 3. The Morgan fingerprint density at radius 2 is 2.24 bits per heavy atom. The molecule has 1 amide bonds. The Morgan fingerprint density at radius 1 is 1.59 bits per heavy atom. The number of carbonyl (C=O) groups excluding carboxylic acids is 1. The summed E-state index contributed by atoms with van der Waals surface area (Å²) >= 11 is 11.8. The molecule has 0 radical (unpaired) electrons. The van der Waals surface area contributed by atoms with Crippen molar-refractivity contribution in [3.05, 3.63) is 20.8 Å². The Balaban J connectivity index is 1.91. The van der Waals surface area contributed by atoms with Gasteiger partial charge < -0.3 is 0 Å². The molecule has 0 spiro atoms. The van der Waals surface area contributed by atoms with Gasteiger partial charge in [0.15, 0.2) is 0 Å². The smallest absolute Gasteiger partial charge is 0.248 e. The summed E-state index contributed by atoms with van der Waals surface area (Å²) < 4.78 is 0.762. The van der Waals surface area contributed by atoms with Crippen LogP contribution in [-0.2, 0) is 4.79 Å². The van der Waals surface area contributed by atoms with Crippen molar-refractivity contribution >= 4 is 71.2 Å². The van der Waals surface area contributed by atoms with Gasteiger partial charge in [-0.3, -0.25) is 4.79 Å². The van der Waals surface area contributed by atoms with Gasteiger partial charge in [-0.25, -0.2) is 5.43 Å². The van der Waals surface area contributed by atoms with Crippen LogP contribution < -0.4 is 5.43 Å². The molecule has 3 nitrogen and oxygen atoms in total. The molecule has 1 aliphatic carbocycles. The SMILES string of the molecule is C[C@@]1(C(=O)NN=Cc2ccc(Br)s2)CC1(Br)Br. The van der Waals surface area contributed by atoms with Crippen molar-refractivity contribution in [3.8, 4) is 0 Å². The van der Waals surface area contributed by atoms with Crippen LogP contribution in [0.4, 0.5) is 0 Å². The van der Waals surface area contributed by atoms with Gasteiger partial charge in [-0.05, 0) is 41.4 Å². The monoisotopic (exact) mass is 442 g/mol. The Hall–Kier alpha value is 0.280. The third kappa shape index (κ3) is 2.83. The molecule has 0 saturated heterocycles. The van der Waals surface area contributed by atoms with Gasteiger partial charge in [-0.2, -0.15) is 5.10 Å². The highest BCUT2D eigenvalue weighted by atomic mass is 79.9. The first-order valence-corrected chi connectivity index (χ1v) is 8.01. The molecule has 92 valence electrons. The van der Waals surface area contributed by atoms with E-state index in [0.29, 0.717) is 0 Å². The first kappa shape index (κ1) is 13.7. The summed E-state index contributed by atoms with van der Waals surface area (Å²) in [7, 11) is 0. The van der Waals surface area contributed by atoms with Gasteiger partial charge in [-0.1, -0.05) is 31.9 Å². The van der Waals surface area contributed by atoms with Crippen LogP contribution in [0.25, 0.3) is 0 Å². The van der Waals surface area contributed by atoms with Crippen molar-refractivity contribution in [3.63, 3.8) is 0 Å². The van der Waals surface area contributed by atoms with Crippen LogP contribution in [0.15, 0.2) is 21.0 Å². The van der Waals surface area contributed by atoms with Crippen LogP contribution in [-0.4, -0.2) is 15.4 Å². The fourth-order valence-corrected chi connectivity index (χ4v) is 4.10. The van der Waals surface area contributed by atoms with Crippen LogP contribution >= 0.6 is 59.1 Å². The number of thiophene rings is 1. The number of carbonyl (C=O) groups is 1. The van der Waals surface area contributed by atoms with Gasteiger partial charge in [0.1, 0.15) is 0 Å². The first-order chi connectivity index (χ1) is 7.85. The third-order valence-electron chi connectivity index (χ3n) is 2.71. The maximum absolute atomic E-state index is 11.8. The lowest BCUT2D eigenvalue weighted by atomic mass is 10.1. The average Bonchev–Trinajstić information content (AvgIpc) is 2.58. The summed E-state index contributed by atoms with van der Waals surface area (Å²) in [6, 6.07) is 3.88. The zero-order valence-corrected chi connectivity index (χ0v) is 14.4. The van der Waals surface area contributed by atoms with E-state index in [2.05, 4.69) is 58.3 Å². The predicted octanol–water partition coefficient (Wildman–Crippen LogP) is 3.86. The molecule has 17 heavy (non-hydrogen) atoms. The molecule has 0 aliphatic heterocycles. The molecule has 0 unspecified atom stereocenters. The van der Waals surface area contributed by atoms with E-state index in [4.69, 9.17) is 0 Å². The highest BCUT2D eigenvalue weighted by Crippen LogP contribution is 2.66. The highest BCUT2D eigenvalue weighted by Gasteiger charge is 2.66. The molecule has 1 aliphatic rings. The van der Waals surface area contributed by atoms with Gasteiger partial charge in [0.25, 0.3) is 0 Å². The molecular weight excluding hydrogens is 436 g/mol. The van der Waals surface area contributed by atoms with Crippen LogP contribution in [0.1, 0.15) is 18.2 Å². The van der Waals surface area contributed by atoms with Crippen molar-refractivity contribution < 1.29 is 4.79 Å². The molecule has 1 N–H and O–H groups in total. The number of hydrazone groups is 1. The minimum absolute atomic E-state index is 0.0851. The molecule has 1 fully saturated rings. The number of nitrogens with one attached hydrogen (secondary N) is 1. The zero-order valence-electron chi connectivity index (χ0n) is 8.84. The van der Waals surface area contributed by atoms with E-state index in [-0.39, 0.29) is 9.14 Å². The number of nitrogens with zero attached hydrogens (tertiary/aromatic N) is 1. The Bertz CT molecular complexity index is 486. The summed E-state index contributed by atoms with van der Waals surface area (Å²) in [5.41, 5.74) is 2.13. The minimum Gasteiger partial charge on any atom is -0.272 e. The van der Waals surface area contributed by atoms with E-state index in [1.54, 1.807) is 17.6 Å². The van der Waals surface area contributed by atoms with E-state index < -0.39 is 5.41 Å². The molecule has 0 bridgehead atoms. The lowest BCUT2D eigenvalue weighted by Crippen LogP contribution is -2.29. The van der Waals surface area contributed by atoms with Gasteiger partial charge in [-0.15, -0.1) is 11.3 Å². The molecule has 1 heterocycles. The second-order valence-corrected chi connectivity index (χ2v) is 10.3. The minimum atomic E-state index is -0.430. The second kappa shape index (κ2) is 4.75. The fourth-order valence-electron chi connectivity index (χ4n) is 1.32.